The summed E-state index contributed by atoms with van der Waals surface area (Å²) in [5, 5.41) is 4.26. The minimum absolute atomic E-state index is 0.211. The summed E-state index contributed by atoms with van der Waals surface area (Å²) < 4.78 is 27.9. The first-order chi connectivity index (χ1) is 10.6. The fraction of sp³-hybridized carbons (Fsp3) is 0.312. The molecule has 3 rings (SSSR count). The van der Waals surface area contributed by atoms with Gasteiger partial charge in [-0.1, -0.05) is 36.4 Å². The van der Waals surface area contributed by atoms with E-state index in [1.54, 1.807) is 24.3 Å². The van der Waals surface area contributed by atoms with Gasteiger partial charge in [0.15, 0.2) is 0 Å². The van der Waals surface area contributed by atoms with Gasteiger partial charge >= 0.3 is 0 Å². The normalized spacial score (nSPS) is 19.6. The molecule has 0 unspecified atom stereocenters. The number of hydrogen-bond donors (Lipinski definition) is 2. The SMILES string of the molecule is O=C1NCCCC[C@H]1NS(=O)(=O)c1cccc2ccccc12. The molecule has 1 amide bonds. The van der Waals surface area contributed by atoms with Gasteiger partial charge in [0.05, 0.1) is 4.90 Å². The number of benzene rings is 2. The molecular formula is C16H18N2O3S. The van der Waals surface area contributed by atoms with Crippen molar-refractivity contribution in [2.45, 2.75) is 30.2 Å². The van der Waals surface area contributed by atoms with Crippen molar-refractivity contribution < 1.29 is 13.2 Å². The molecule has 5 nitrogen and oxygen atoms in total. The van der Waals surface area contributed by atoms with E-state index in [1.807, 2.05) is 18.2 Å². The summed E-state index contributed by atoms with van der Waals surface area (Å²) in [6.45, 7) is 0.603. The lowest BCUT2D eigenvalue weighted by Crippen LogP contribution is -2.45. The maximum absolute atomic E-state index is 12.7. The number of hydrogen-bond acceptors (Lipinski definition) is 3. The summed E-state index contributed by atoms with van der Waals surface area (Å²) >= 11 is 0. The number of fused-ring (bicyclic) bond motifs is 1. The van der Waals surface area contributed by atoms with Crippen LogP contribution in [0.15, 0.2) is 47.4 Å². The quantitative estimate of drug-likeness (QED) is 0.906. The van der Waals surface area contributed by atoms with E-state index >= 15 is 0 Å². The molecule has 2 N–H and O–H groups in total. The van der Waals surface area contributed by atoms with E-state index in [9.17, 15) is 13.2 Å². The maximum atomic E-state index is 12.7. The van der Waals surface area contributed by atoms with Crippen molar-refractivity contribution >= 4 is 26.7 Å². The summed E-state index contributed by atoms with van der Waals surface area (Å²) in [6, 6.07) is 11.8. The lowest BCUT2D eigenvalue weighted by atomic mass is 10.1. The highest BCUT2D eigenvalue weighted by Crippen LogP contribution is 2.23. The highest BCUT2D eigenvalue weighted by atomic mass is 32.2. The van der Waals surface area contributed by atoms with Gasteiger partial charge < -0.3 is 5.32 Å². The number of rotatable bonds is 3. The second-order valence-corrected chi connectivity index (χ2v) is 7.12. The smallest absolute Gasteiger partial charge is 0.241 e. The minimum atomic E-state index is -3.75. The Morgan fingerprint density at radius 2 is 1.82 bits per heavy atom. The molecule has 22 heavy (non-hydrogen) atoms. The monoisotopic (exact) mass is 318 g/mol. The van der Waals surface area contributed by atoms with Crippen molar-refractivity contribution in [1.82, 2.24) is 10.0 Å². The van der Waals surface area contributed by atoms with Gasteiger partial charge in [-0.15, -0.1) is 0 Å². The van der Waals surface area contributed by atoms with E-state index in [0.717, 1.165) is 18.2 Å². The molecular weight excluding hydrogens is 300 g/mol. The first-order valence-electron chi connectivity index (χ1n) is 7.36. The first-order valence-corrected chi connectivity index (χ1v) is 8.84. The Balaban J connectivity index is 1.96. The second kappa shape index (κ2) is 6.06. The summed E-state index contributed by atoms with van der Waals surface area (Å²) in [4.78, 5) is 12.2. The molecule has 116 valence electrons. The van der Waals surface area contributed by atoms with Crippen LogP contribution in [-0.2, 0) is 14.8 Å². The summed E-state index contributed by atoms with van der Waals surface area (Å²) in [7, 11) is -3.75. The first kappa shape index (κ1) is 15.0. The van der Waals surface area contributed by atoms with Crippen molar-refractivity contribution in [2.24, 2.45) is 0 Å². The van der Waals surface area contributed by atoms with E-state index in [0.29, 0.717) is 18.4 Å². The fourth-order valence-electron chi connectivity index (χ4n) is 2.73. The third kappa shape index (κ3) is 2.98. The molecule has 0 radical (unpaired) electrons. The van der Waals surface area contributed by atoms with Gasteiger partial charge in [0.25, 0.3) is 0 Å². The average Bonchev–Trinajstić information content (AvgIpc) is 2.71. The molecule has 1 heterocycles. The van der Waals surface area contributed by atoms with Gasteiger partial charge in [-0.25, -0.2) is 8.42 Å². The Kier molecular flexibility index (Phi) is 4.13. The zero-order valence-corrected chi connectivity index (χ0v) is 12.9. The van der Waals surface area contributed by atoms with Crippen LogP contribution < -0.4 is 10.0 Å². The van der Waals surface area contributed by atoms with E-state index in [1.165, 1.54) is 0 Å². The molecule has 1 atom stereocenters. The van der Waals surface area contributed by atoms with E-state index < -0.39 is 16.1 Å². The topological polar surface area (TPSA) is 75.3 Å². The number of carbonyl (C=O) groups excluding carboxylic acids is 1. The van der Waals surface area contributed by atoms with Gasteiger partial charge in [0.2, 0.25) is 15.9 Å². The van der Waals surface area contributed by atoms with Crippen LogP contribution in [0.1, 0.15) is 19.3 Å². The summed E-state index contributed by atoms with van der Waals surface area (Å²) in [5.74, 6) is -0.249. The van der Waals surface area contributed by atoms with E-state index in [2.05, 4.69) is 10.0 Å². The molecule has 1 fully saturated rings. The molecule has 2 aromatic rings. The molecule has 1 aliphatic rings. The molecule has 0 aliphatic carbocycles. The van der Waals surface area contributed by atoms with Crippen molar-refractivity contribution in [3.63, 3.8) is 0 Å². The van der Waals surface area contributed by atoms with Crippen molar-refractivity contribution in [3.05, 3.63) is 42.5 Å². The lowest BCUT2D eigenvalue weighted by molar-refractivity contribution is -0.122. The molecule has 2 aromatic carbocycles. The van der Waals surface area contributed by atoms with Crippen LogP contribution in [0.25, 0.3) is 10.8 Å². The molecule has 0 saturated carbocycles. The Hall–Kier alpha value is -1.92. The van der Waals surface area contributed by atoms with E-state index in [-0.39, 0.29) is 10.8 Å². The Bertz CT molecular complexity index is 797. The van der Waals surface area contributed by atoms with Crippen LogP contribution in [-0.4, -0.2) is 26.9 Å². The zero-order valence-electron chi connectivity index (χ0n) is 12.1. The zero-order chi connectivity index (χ0) is 15.6. The third-order valence-corrected chi connectivity index (χ3v) is 5.40. The van der Waals surface area contributed by atoms with Crippen molar-refractivity contribution in [2.75, 3.05) is 6.54 Å². The Labute approximate surface area is 129 Å². The summed E-state index contributed by atoms with van der Waals surface area (Å²) in [5.41, 5.74) is 0. The second-order valence-electron chi connectivity index (χ2n) is 5.44. The van der Waals surface area contributed by atoms with Crippen molar-refractivity contribution in [1.29, 1.82) is 0 Å². The highest BCUT2D eigenvalue weighted by molar-refractivity contribution is 7.89. The van der Waals surface area contributed by atoms with Crippen LogP contribution >= 0.6 is 0 Å². The molecule has 0 bridgehead atoms. The summed E-state index contributed by atoms with van der Waals surface area (Å²) in [6.07, 6.45) is 2.22. The predicted octanol–water partition coefficient (Wildman–Crippen LogP) is 1.79. The lowest BCUT2D eigenvalue weighted by Gasteiger charge is -2.16. The minimum Gasteiger partial charge on any atom is -0.355 e. The molecule has 1 aliphatic heterocycles. The number of nitrogens with one attached hydrogen (secondary N) is 2. The number of sulfonamides is 1. The molecule has 1 saturated heterocycles. The van der Waals surface area contributed by atoms with Gasteiger partial charge in [0, 0.05) is 11.9 Å². The number of amides is 1. The fourth-order valence-corrected chi connectivity index (χ4v) is 4.19. The highest BCUT2D eigenvalue weighted by Gasteiger charge is 2.27. The predicted molar refractivity (Wildman–Crippen MR) is 84.9 cm³/mol. The maximum Gasteiger partial charge on any atom is 0.241 e. The Morgan fingerprint density at radius 3 is 2.68 bits per heavy atom. The van der Waals surface area contributed by atoms with E-state index in [4.69, 9.17) is 0 Å². The number of carbonyl (C=O) groups is 1. The van der Waals surface area contributed by atoms with Gasteiger partial charge in [0.1, 0.15) is 6.04 Å². The third-order valence-electron chi connectivity index (χ3n) is 3.87. The largest absolute Gasteiger partial charge is 0.355 e. The van der Waals surface area contributed by atoms with Crippen LogP contribution in [0.5, 0.6) is 0 Å². The van der Waals surface area contributed by atoms with Gasteiger partial charge in [-0.3, -0.25) is 4.79 Å². The molecule has 6 heteroatoms. The van der Waals surface area contributed by atoms with Crippen LogP contribution in [0.3, 0.4) is 0 Å². The van der Waals surface area contributed by atoms with Crippen LogP contribution in [0, 0.1) is 0 Å². The Morgan fingerprint density at radius 1 is 1.05 bits per heavy atom. The van der Waals surface area contributed by atoms with Crippen molar-refractivity contribution in [3.8, 4) is 0 Å². The van der Waals surface area contributed by atoms with Crippen LogP contribution in [0.2, 0.25) is 0 Å². The van der Waals surface area contributed by atoms with Gasteiger partial charge in [-0.05, 0) is 30.7 Å². The molecule has 0 spiro atoms. The standard InChI is InChI=1S/C16H18N2O3S/c19-16-14(9-3-4-11-17-16)18-22(20,21)15-10-5-7-12-6-1-2-8-13(12)15/h1-2,5-8,10,14,18H,3-4,9,11H2,(H,17,19)/t14-/m1/s1. The van der Waals surface area contributed by atoms with Gasteiger partial charge in [-0.2, -0.15) is 4.72 Å². The molecule has 0 aromatic heterocycles. The van der Waals surface area contributed by atoms with Crippen LogP contribution in [0.4, 0.5) is 0 Å². The average molecular weight is 318 g/mol.